The Kier molecular flexibility index (Phi) is 5.05. The molecule has 126 valence electrons. The van der Waals surface area contributed by atoms with Gasteiger partial charge in [-0.3, -0.25) is 14.6 Å². The Hall–Kier alpha value is -2.47. The summed E-state index contributed by atoms with van der Waals surface area (Å²) in [6.07, 6.45) is 8.35. The van der Waals surface area contributed by atoms with Crippen LogP contribution in [0.5, 0.6) is 0 Å². The Morgan fingerprint density at radius 2 is 1.92 bits per heavy atom. The van der Waals surface area contributed by atoms with Crippen LogP contribution in [0.15, 0.2) is 43.2 Å². The summed E-state index contributed by atoms with van der Waals surface area (Å²) in [5.74, 6) is 0. The molecule has 0 fully saturated rings. The molecule has 3 aromatic rings. The van der Waals surface area contributed by atoms with Crippen molar-refractivity contribution in [2.75, 3.05) is 6.54 Å². The second-order valence-electron chi connectivity index (χ2n) is 6.12. The number of hydrogen-bond acceptors (Lipinski definition) is 4. The van der Waals surface area contributed by atoms with E-state index in [1.54, 1.807) is 12.7 Å². The molecule has 0 aliphatic rings. The van der Waals surface area contributed by atoms with E-state index in [0.29, 0.717) is 0 Å². The lowest BCUT2D eigenvalue weighted by Gasteiger charge is -2.22. The van der Waals surface area contributed by atoms with Gasteiger partial charge in [0.1, 0.15) is 12.7 Å². The van der Waals surface area contributed by atoms with Gasteiger partial charge in [0.05, 0.1) is 0 Å². The molecule has 24 heavy (non-hydrogen) atoms. The second-order valence-corrected chi connectivity index (χ2v) is 6.12. The lowest BCUT2D eigenvalue weighted by atomic mass is 10.2. The van der Waals surface area contributed by atoms with Gasteiger partial charge in [-0.15, -0.1) is 10.2 Å². The van der Waals surface area contributed by atoms with E-state index < -0.39 is 0 Å². The van der Waals surface area contributed by atoms with Gasteiger partial charge < -0.3 is 0 Å². The highest BCUT2D eigenvalue weighted by Crippen LogP contribution is 2.18. The number of aromatic nitrogens is 5. The van der Waals surface area contributed by atoms with Crippen molar-refractivity contribution in [2.45, 2.75) is 40.3 Å². The summed E-state index contributed by atoms with van der Waals surface area (Å²) in [6.45, 7) is 9.38. The first kappa shape index (κ1) is 16.4. The van der Waals surface area contributed by atoms with Crippen molar-refractivity contribution in [2.24, 2.45) is 0 Å². The molecule has 6 nitrogen and oxygen atoms in total. The maximum absolute atomic E-state index is 4.23. The molecule has 3 aromatic heterocycles. The average molecular weight is 324 g/mol. The average Bonchev–Trinajstić information content (AvgIpc) is 3.17. The molecule has 0 bridgehead atoms. The first-order valence-corrected chi connectivity index (χ1v) is 8.33. The molecule has 3 heterocycles. The Balaban J connectivity index is 1.81. The van der Waals surface area contributed by atoms with Gasteiger partial charge in [-0.2, -0.15) is 0 Å². The molecule has 0 unspecified atom stereocenters. The molecule has 0 spiro atoms. The smallest absolute Gasteiger partial charge is 0.139 e. The van der Waals surface area contributed by atoms with E-state index in [1.165, 1.54) is 22.5 Å². The molecular weight excluding hydrogens is 300 g/mol. The van der Waals surface area contributed by atoms with Crippen molar-refractivity contribution in [3.05, 3.63) is 65.8 Å². The van der Waals surface area contributed by atoms with Crippen LogP contribution in [0.25, 0.3) is 0 Å². The molecule has 6 heteroatoms. The summed E-state index contributed by atoms with van der Waals surface area (Å²) in [5.41, 5.74) is 4.98. The minimum Gasteiger partial charge on any atom is -0.295 e. The summed E-state index contributed by atoms with van der Waals surface area (Å²) < 4.78 is 4.06. The zero-order chi connectivity index (χ0) is 16.9. The summed E-state index contributed by atoms with van der Waals surface area (Å²) in [7, 11) is 0. The molecule has 0 N–H and O–H groups in total. The maximum Gasteiger partial charge on any atom is 0.139 e. The molecule has 0 amide bonds. The van der Waals surface area contributed by atoms with Crippen molar-refractivity contribution in [3.8, 4) is 0 Å². The highest BCUT2D eigenvalue weighted by molar-refractivity contribution is 5.27. The zero-order valence-corrected chi connectivity index (χ0v) is 14.6. The van der Waals surface area contributed by atoms with Gasteiger partial charge in [-0.1, -0.05) is 13.0 Å². The van der Waals surface area contributed by atoms with Crippen molar-refractivity contribution in [1.29, 1.82) is 0 Å². The SMILES string of the molecule is CCCN(Cc1cccnc1)Cc1cc(C)n(-n2cnnc2)c1C. The highest BCUT2D eigenvalue weighted by Gasteiger charge is 2.14. The Bertz CT molecular complexity index is 760. The fourth-order valence-corrected chi connectivity index (χ4v) is 3.15. The quantitative estimate of drug-likeness (QED) is 0.670. The predicted octanol–water partition coefficient (Wildman–Crippen LogP) is 2.82. The third-order valence-corrected chi connectivity index (χ3v) is 4.20. The topological polar surface area (TPSA) is 51.8 Å². The van der Waals surface area contributed by atoms with E-state index in [2.05, 4.69) is 57.7 Å². The second kappa shape index (κ2) is 7.40. The zero-order valence-electron chi connectivity index (χ0n) is 14.6. The highest BCUT2D eigenvalue weighted by atomic mass is 15.5. The molecule has 0 atom stereocenters. The molecule has 0 aliphatic heterocycles. The van der Waals surface area contributed by atoms with Crippen molar-refractivity contribution in [3.63, 3.8) is 0 Å². The first-order chi connectivity index (χ1) is 11.7. The molecular formula is C18H24N6. The third-order valence-electron chi connectivity index (χ3n) is 4.20. The Labute approximate surface area is 142 Å². The Morgan fingerprint density at radius 1 is 1.12 bits per heavy atom. The fraction of sp³-hybridized carbons (Fsp3) is 0.389. The van der Waals surface area contributed by atoms with E-state index in [0.717, 1.165) is 26.1 Å². The molecule has 0 saturated carbocycles. The normalized spacial score (nSPS) is 11.3. The summed E-state index contributed by atoms with van der Waals surface area (Å²) >= 11 is 0. The monoisotopic (exact) mass is 324 g/mol. The summed E-state index contributed by atoms with van der Waals surface area (Å²) in [4.78, 5) is 6.69. The largest absolute Gasteiger partial charge is 0.295 e. The molecule has 0 aromatic carbocycles. The van der Waals surface area contributed by atoms with E-state index >= 15 is 0 Å². The van der Waals surface area contributed by atoms with Crippen LogP contribution < -0.4 is 0 Å². The van der Waals surface area contributed by atoms with Crippen LogP contribution >= 0.6 is 0 Å². The van der Waals surface area contributed by atoms with E-state index in [4.69, 9.17) is 0 Å². The maximum atomic E-state index is 4.23. The summed E-state index contributed by atoms with van der Waals surface area (Å²) in [6, 6.07) is 6.38. The number of hydrogen-bond donors (Lipinski definition) is 0. The van der Waals surface area contributed by atoms with Gasteiger partial charge in [0.2, 0.25) is 0 Å². The van der Waals surface area contributed by atoms with Gasteiger partial charge in [-0.25, -0.2) is 4.68 Å². The van der Waals surface area contributed by atoms with Crippen LogP contribution in [0, 0.1) is 13.8 Å². The van der Waals surface area contributed by atoms with Crippen molar-refractivity contribution in [1.82, 2.24) is 29.4 Å². The first-order valence-electron chi connectivity index (χ1n) is 8.33. The van der Waals surface area contributed by atoms with Crippen molar-refractivity contribution < 1.29 is 0 Å². The van der Waals surface area contributed by atoms with Gasteiger partial charge in [0.25, 0.3) is 0 Å². The third kappa shape index (κ3) is 3.54. The van der Waals surface area contributed by atoms with Crippen LogP contribution in [0.4, 0.5) is 0 Å². The molecule has 0 radical (unpaired) electrons. The van der Waals surface area contributed by atoms with Crippen LogP contribution in [0.3, 0.4) is 0 Å². The van der Waals surface area contributed by atoms with E-state index in [9.17, 15) is 0 Å². The van der Waals surface area contributed by atoms with Gasteiger partial charge in [-0.05, 0) is 50.1 Å². The molecule has 0 aliphatic carbocycles. The van der Waals surface area contributed by atoms with Gasteiger partial charge in [0.15, 0.2) is 0 Å². The van der Waals surface area contributed by atoms with Crippen LogP contribution in [0.2, 0.25) is 0 Å². The fourth-order valence-electron chi connectivity index (χ4n) is 3.15. The van der Waals surface area contributed by atoms with Crippen LogP contribution in [-0.2, 0) is 13.1 Å². The minimum atomic E-state index is 0.915. The number of pyridine rings is 1. The number of nitrogens with zero attached hydrogens (tertiary/aromatic N) is 6. The molecule has 3 rings (SSSR count). The number of aryl methyl sites for hydroxylation is 1. The summed E-state index contributed by atoms with van der Waals surface area (Å²) in [5, 5.41) is 7.82. The Morgan fingerprint density at radius 3 is 2.58 bits per heavy atom. The predicted molar refractivity (Wildman–Crippen MR) is 93.4 cm³/mol. The van der Waals surface area contributed by atoms with Gasteiger partial charge in [0, 0.05) is 36.9 Å². The van der Waals surface area contributed by atoms with Crippen LogP contribution in [0.1, 0.15) is 35.9 Å². The molecule has 0 saturated heterocycles. The van der Waals surface area contributed by atoms with E-state index in [1.807, 2.05) is 23.1 Å². The van der Waals surface area contributed by atoms with Gasteiger partial charge >= 0.3 is 0 Å². The van der Waals surface area contributed by atoms with E-state index in [-0.39, 0.29) is 0 Å². The lowest BCUT2D eigenvalue weighted by Crippen LogP contribution is -2.24. The standard InChI is InChI=1S/C18H24N6/c1-4-8-22(11-17-6-5-7-19-10-17)12-18-9-15(2)24(16(18)3)23-13-20-21-14-23/h5-7,9-10,13-14H,4,8,11-12H2,1-3H3. The lowest BCUT2D eigenvalue weighted by molar-refractivity contribution is 0.256. The number of rotatable bonds is 7. The minimum absolute atomic E-state index is 0.915. The van der Waals surface area contributed by atoms with Crippen LogP contribution in [-0.4, -0.2) is 36.0 Å². The van der Waals surface area contributed by atoms with Crippen molar-refractivity contribution >= 4 is 0 Å².